The van der Waals surface area contributed by atoms with Gasteiger partial charge in [0.15, 0.2) is 0 Å². The summed E-state index contributed by atoms with van der Waals surface area (Å²) < 4.78 is 6.01. The van der Waals surface area contributed by atoms with E-state index in [0.717, 1.165) is 24.4 Å². The molecule has 1 heteroatoms. The van der Waals surface area contributed by atoms with Crippen molar-refractivity contribution in [3.63, 3.8) is 0 Å². The Morgan fingerprint density at radius 2 is 1.57 bits per heavy atom. The third-order valence-corrected chi connectivity index (χ3v) is 5.91. The average Bonchev–Trinajstić information content (AvgIpc) is 2.54. The molecule has 0 saturated heterocycles. The summed E-state index contributed by atoms with van der Waals surface area (Å²) in [7, 11) is 0. The first-order valence-corrected chi connectivity index (χ1v) is 9.56. The van der Waals surface area contributed by atoms with Crippen LogP contribution in [0, 0.1) is 17.8 Å². The Hall–Kier alpha value is -0.300. The van der Waals surface area contributed by atoms with Crippen LogP contribution in [0.1, 0.15) is 84.0 Å². The maximum Gasteiger partial charge on any atom is 0.0575 e. The molecule has 0 aromatic heterocycles. The van der Waals surface area contributed by atoms with Gasteiger partial charge in [0.1, 0.15) is 0 Å². The van der Waals surface area contributed by atoms with Gasteiger partial charge in [0.05, 0.1) is 6.10 Å². The van der Waals surface area contributed by atoms with Crippen LogP contribution in [0.2, 0.25) is 0 Å². The molecule has 0 amide bonds. The first-order valence-electron chi connectivity index (χ1n) is 9.56. The van der Waals surface area contributed by atoms with Crippen LogP contribution in [-0.2, 0) is 4.74 Å². The molecule has 0 atom stereocenters. The molecule has 1 nitrogen and oxygen atoms in total. The molecule has 2 aliphatic carbocycles. The van der Waals surface area contributed by atoms with Gasteiger partial charge < -0.3 is 4.74 Å². The van der Waals surface area contributed by atoms with E-state index in [1.165, 1.54) is 77.0 Å². The largest absolute Gasteiger partial charge is 0.378 e. The van der Waals surface area contributed by atoms with Gasteiger partial charge in [-0.25, -0.2) is 0 Å². The van der Waals surface area contributed by atoms with Crippen LogP contribution in [0.5, 0.6) is 0 Å². The Morgan fingerprint density at radius 1 is 0.952 bits per heavy atom. The molecule has 2 rings (SSSR count). The summed E-state index contributed by atoms with van der Waals surface area (Å²) in [4.78, 5) is 0. The highest BCUT2D eigenvalue weighted by Gasteiger charge is 2.30. The highest BCUT2D eigenvalue weighted by molar-refractivity contribution is 4.83. The van der Waals surface area contributed by atoms with E-state index in [2.05, 4.69) is 19.6 Å². The van der Waals surface area contributed by atoms with Gasteiger partial charge >= 0.3 is 0 Å². The van der Waals surface area contributed by atoms with Gasteiger partial charge in [-0.05, 0) is 75.5 Å². The van der Waals surface area contributed by atoms with Crippen molar-refractivity contribution in [2.45, 2.75) is 90.1 Å². The summed E-state index contributed by atoms with van der Waals surface area (Å²) in [5.41, 5.74) is 0. The van der Waals surface area contributed by atoms with E-state index in [4.69, 9.17) is 4.74 Å². The summed E-state index contributed by atoms with van der Waals surface area (Å²) in [5, 5.41) is 0. The van der Waals surface area contributed by atoms with Crippen LogP contribution in [0.25, 0.3) is 0 Å². The van der Waals surface area contributed by atoms with Crippen LogP contribution >= 0.6 is 0 Å². The molecule has 0 heterocycles. The predicted octanol–water partition coefficient (Wildman–Crippen LogP) is 6.13. The summed E-state index contributed by atoms with van der Waals surface area (Å²) in [6, 6.07) is 0. The number of hydrogen-bond donors (Lipinski definition) is 0. The van der Waals surface area contributed by atoms with Crippen LogP contribution in [0.4, 0.5) is 0 Å². The van der Waals surface area contributed by atoms with Crippen LogP contribution in [0.3, 0.4) is 0 Å². The number of allylic oxidation sites excluding steroid dienone is 1. The minimum absolute atomic E-state index is 0.580. The smallest absolute Gasteiger partial charge is 0.0575 e. The summed E-state index contributed by atoms with van der Waals surface area (Å²) >= 11 is 0. The molecule has 0 aromatic rings. The third-order valence-electron chi connectivity index (χ3n) is 5.91. The SMILES string of the molecule is C=CCCC1CCC(C2CCC(OCCCC)CC2)CC1. The van der Waals surface area contributed by atoms with Crippen molar-refractivity contribution in [1.29, 1.82) is 0 Å². The molecular weight excluding hydrogens is 256 g/mol. The van der Waals surface area contributed by atoms with E-state index in [0.29, 0.717) is 6.10 Å². The Balaban J connectivity index is 1.61. The van der Waals surface area contributed by atoms with Gasteiger partial charge in [-0.1, -0.05) is 32.3 Å². The zero-order chi connectivity index (χ0) is 14.9. The fraction of sp³-hybridized carbons (Fsp3) is 0.900. The molecule has 0 spiro atoms. The lowest BCUT2D eigenvalue weighted by Crippen LogP contribution is -2.28. The molecule has 122 valence electrons. The highest BCUT2D eigenvalue weighted by atomic mass is 16.5. The third kappa shape index (κ3) is 5.77. The van der Waals surface area contributed by atoms with Crippen molar-refractivity contribution in [2.75, 3.05) is 6.61 Å². The van der Waals surface area contributed by atoms with E-state index in [-0.39, 0.29) is 0 Å². The molecule has 2 fully saturated rings. The molecule has 0 aromatic carbocycles. The molecule has 2 saturated carbocycles. The standard InChI is InChI=1S/C20H36O/c1-3-5-7-17-8-10-18(11-9-17)19-12-14-20(15-13-19)21-16-6-4-2/h3,17-20H,1,4-16H2,2H3. The summed E-state index contributed by atoms with van der Waals surface area (Å²) in [6.07, 6.45) is 19.2. The highest BCUT2D eigenvalue weighted by Crippen LogP contribution is 2.41. The fourth-order valence-electron chi connectivity index (χ4n) is 4.42. The quantitative estimate of drug-likeness (QED) is 0.386. The zero-order valence-corrected chi connectivity index (χ0v) is 14.2. The molecule has 2 aliphatic rings. The van der Waals surface area contributed by atoms with Gasteiger partial charge in [0.2, 0.25) is 0 Å². The molecule has 0 N–H and O–H groups in total. The van der Waals surface area contributed by atoms with E-state index in [1.807, 2.05) is 0 Å². The number of ether oxygens (including phenoxy) is 1. The second kappa shape index (κ2) is 9.66. The van der Waals surface area contributed by atoms with Gasteiger partial charge in [0.25, 0.3) is 0 Å². The average molecular weight is 293 g/mol. The van der Waals surface area contributed by atoms with E-state index in [9.17, 15) is 0 Å². The normalized spacial score (nSPS) is 33.8. The van der Waals surface area contributed by atoms with Crippen molar-refractivity contribution in [3.8, 4) is 0 Å². The Morgan fingerprint density at radius 3 is 2.14 bits per heavy atom. The van der Waals surface area contributed by atoms with Crippen LogP contribution in [-0.4, -0.2) is 12.7 Å². The van der Waals surface area contributed by atoms with Crippen LogP contribution in [0.15, 0.2) is 12.7 Å². The molecule has 0 aliphatic heterocycles. The Labute approximate surface area is 132 Å². The lowest BCUT2D eigenvalue weighted by molar-refractivity contribution is 0.00581. The van der Waals surface area contributed by atoms with Crippen molar-refractivity contribution in [1.82, 2.24) is 0 Å². The Kier molecular flexibility index (Phi) is 7.85. The fourth-order valence-corrected chi connectivity index (χ4v) is 4.42. The maximum atomic E-state index is 6.01. The maximum absolute atomic E-state index is 6.01. The van der Waals surface area contributed by atoms with E-state index in [1.54, 1.807) is 0 Å². The number of unbranched alkanes of at least 4 members (excludes halogenated alkanes) is 1. The molecule has 0 bridgehead atoms. The van der Waals surface area contributed by atoms with Gasteiger partial charge in [-0.3, -0.25) is 0 Å². The molecular formula is C20H36O. The van der Waals surface area contributed by atoms with Gasteiger partial charge in [0, 0.05) is 6.61 Å². The first-order chi connectivity index (χ1) is 10.3. The second-order valence-corrected chi connectivity index (χ2v) is 7.41. The van der Waals surface area contributed by atoms with Crippen molar-refractivity contribution in [2.24, 2.45) is 17.8 Å². The molecule has 21 heavy (non-hydrogen) atoms. The second-order valence-electron chi connectivity index (χ2n) is 7.41. The summed E-state index contributed by atoms with van der Waals surface area (Å²) in [5.74, 6) is 3.03. The summed E-state index contributed by atoms with van der Waals surface area (Å²) in [6.45, 7) is 7.08. The molecule has 0 unspecified atom stereocenters. The topological polar surface area (TPSA) is 9.23 Å². The first kappa shape index (κ1) is 17.1. The minimum Gasteiger partial charge on any atom is -0.378 e. The monoisotopic (exact) mass is 292 g/mol. The predicted molar refractivity (Wildman–Crippen MR) is 91.5 cm³/mol. The minimum atomic E-state index is 0.580. The van der Waals surface area contributed by atoms with Crippen molar-refractivity contribution < 1.29 is 4.74 Å². The van der Waals surface area contributed by atoms with Gasteiger partial charge in [-0.15, -0.1) is 6.58 Å². The van der Waals surface area contributed by atoms with E-state index >= 15 is 0 Å². The van der Waals surface area contributed by atoms with Crippen molar-refractivity contribution >= 4 is 0 Å². The zero-order valence-electron chi connectivity index (χ0n) is 14.2. The molecule has 0 radical (unpaired) electrons. The lowest BCUT2D eigenvalue weighted by Gasteiger charge is -2.37. The Bertz CT molecular complexity index is 270. The van der Waals surface area contributed by atoms with E-state index < -0.39 is 0 Å². The van der Waals surface area contributed by atoms with Gasteiger partial charge in [-0.2, -0.15) is 0 Å². The van der Waals surface area contributed by atoms with Crippen molar-refractivity contribution in [3.05, 3.63) is 12.7 Å². The van der Waals surface area contributed by atoms with Crippen LogP contribution < -0.4 is 0 Å². The number of rotatable bonds is 8. The number of hydrogen-bond acceptors (Lipinski definition) is 1. The lowest BCUT2D eigenvalue weighted by atomic mass is 9.70.